The lowest BCUT2D eigenvalue weighted by Crippen LogP contribution is -2.40. The number of rotatable bonds is 3. The monoisotopic (exact) mass is 265 g/mol. The molecule has 3 nitrogen and oxygen atoms in total. The summed E-state index contributed by atoms with van der Waals surface area (Å²) in [4.78, 5) is 4.52. The largest absolute Gasteiger partial charge is 0.346 e. The highest BCUT2D eigenvalue weighted by atomic mass is 15.1. The quantitative estimate of drug-likeness (QED) is 0.896. The fourth-order valence-corrected chi connectivity index (χ4v) is 2.78. The van der Waals surface area contributed by atoms with Crippen molar-refractivity contribution >= 4 is 12.0 Å². The van der Waals surface area contributed by atoms with Gasteiger partial charge in [-0.3, -0.25) is 0 Å². The van der Waals surface area contributed by atoms with Gasteiger partial charge in [-0.25, -0.2) is 4.99 Å². The summed E-state index contributed by atoms with van der Waals surface area (Å²) in [6.45, 7) is 2.17. The SMILES string of the molecule is CCc1ccccc1CC1(N)N=CNc2ccccc21. The molecule has 0 amide bonds. The van der Waals surface area contributed by atoms with Crippen LogP contribution in [-0.2, 0) is 18.5 Å². The van der Waals surface area contributed by atoms with Gasteiger partial charge in [0, 0.05) is 17.7 Å². The van der Waals surface area contributed by atoms with Crippen molar-refractivity contribution in [2.24, 2.45) is 10.7 Å². The van der Waals surface area contributed by atoms with Crippen LogP contribution in [0.3, 0.4) is 0 Å². The second-order valence-electron chi connectivity index (χ2n) is 5.17. The van der Waals surface area contributed by atoms with E-state index in [2.05, 4.69) is 41.5 Å². The molecule has 1 heterocycles. The van der Waals surface area contributed by atoms with Gasteiger partial charge in [0.1, 0.15) is 5.66 Å². The van der Waals surface area contributed by atoms with E-state index in [4.69, 9.17) is 5.73 Å². The molecule has 2 aromatic carbocycles. The zero-order valence-corrected chi connectivity index (χ0v) is 11.6. The van der Waals surface area contributed by atoms with Crippen molar-refractivity contribution in [1.29, 1.82) is 0 Å². The highest BCUT2D eigenvalue weighted by molar-refractivity contribution is 5.81. The summed E-state index contributed by atoms with van der Waals surface area (Å²) < 4.78 is 0. The van der Waals surface area contributed by atoms with E-state index in [1.165, 1.54) is 11.1 Å². The van der Waals surface area contributed by atoms with Crippen LogP contribution in [0.2, 0.25) is 0 Å². The molecule has 0 saturated carbocycles. The van der Waals surface area contributed by atoms with Crippen molar-refractivity contribution in [3.8, 4) is 0 Å². The summed E-state index contributed by atoms with van der Waals surface area (Å²) in [7, 11) is 0. The minimum Gasteiger partial charge on any atom is -0.346 e. The number of nitrogens with one attached hydrogen (secondary N) is 1. The maximum absolute atomic E-state index is 6.59. The van der Waals surface area contributed by atoms with Crippen LogP contribution >= 0.6 is 0 Å². The summed E-state index contributed by atoms with van der Waals surface area (Å²) >= 11 is 0. The van der Waals surface area contributed by atoms with E-state index in [1.54, 1.807) is 6.34 Å². The molecule has 20 heavy (non-hydrogen) atoms. The number of fused-ring (bicyclic) bond motifs is 1. The standard InChI is InChI=1S/C17H19N3/c1-2-13-7-3-4-8-14(13)11-17(18)15-9-5-6-10-16(15)19-12-20-17/h3-10,12H,2,11,18H2,1H3,(H,19,20). The zero-order valence-electron chi connectivity index (χ0n) is 11.6. The van der Waals surface area contributed by atoms with Gasteiger partial charge < -0.3 is 11.1 Å². The van der Waals surface area contributed by atoms with Crippen molar-refractivity contribution in [2.75, 3.05) is 5.32 Å². The number of aliphatic imine (C=N–C) groups is 1. The van der Waals surface area contributed by atoms with Gasteiger partial charge >= 0.3 is 0 Å². The van der Waals surface area contributed by atoms with Crippen LogP contribution in [0, 0.1) is 0 Å². The summed E-state index contributed by atoms with van der Waals surface area (Å²) in [5.41, 5.74) is 10.6. The van der Waals surface area contributed by atoms with E-state index < -0.39 is 5.66 Å². The summed E-state index contributed by atoms with van der Waals surface area (Å²) in [6, 6.07) is 16.5. The van der Waals surface area contributed by atoms with Crippen LogP contribution in [-0.4, -0.2) is 6.34 Å². The molecule has 0 spiro atoms. The van der Waals surface area contributed by atoms with Gasteiger partial charge in [0.2, 0.25) is 0 Å². The molecule has 3 N–H and O–H groups in total. The molecule has 1 unspecified atom stereocenters. The average Bonchev–Trinajstić information content (AvgIpc) is 2.48. The molecule has 1 aliphatic heterocycles. The Morgan fingerprint density at radius 3 is 2.55 bits per heavy atom. The third-order valence-electron chi connectivity index (χ3n) is 3.87. The number of hydrogen-bond donors (Lipinski definition) is 2. The third kappa shape index (κ3) is 2.21. The molecule has 1 atom stereocenters. The first-order chi connectivity index (χ1) is 9.73. The Morgan fingerprint density at radius 2 is 1.75 bits per heavy atom. The lowest BCUT2D eigenvalue weighted by Gasteiger charge is -2.31. The highest BCUT2D eigenvalue weighted by Crippen LogP contribution is 2.33. The molecule has 3 heteroatoms. The highest BCUT2D eigenvalue weighted by Gasteiger charge is 2.31. The molecule has 3 rings (SSSR count). The van der Waals surface area contributed by atoms with Crippen molar-refractivity contribution < 1.29 is 0 Å². The fourth-order valence-electron chi connectivity index (χ4n) is 2.78. The third-order valence-corrected chi connectivity index (χ3v) is 3.87. The molecular formula is C17H19N3. The molecule has 0 bridgehead atoms. The number of nitrogens with two attached hydrogens (primary N) is 1. The van der Waals surface area contributed by atoms with Gasteiger partial charge in [-0.15, -0.1) is 0 Å². The number of aryl methyl sites for hydroxylation is 1. The molecule has 102 valence electrons. The Hall–Kier alpha value is -2.13. The smallest absolute Gasteiger partial charge is 0.141 e. The summed E-state index contributed by atoms with van der Waals surface area (Å²) in [5.74, 6) is 0. The molecule has 0 aliphatic carbocycles. The lowest BCUT2D eigenvalue weighted by molar-refractivity contribution is 0.464. The van der Waals surface area contributed by atoms with Gasteiger partial charge in [-0.1, -0.05) is 49.4 Å². The number of para-hydroxylation sites is 1. The fraction of sp³-hybridized carbons (Fsp3) is 0.235. The van der Waals surface area contributed by atoms with Gasteiger partial charge in [-0.05, 0) is 23.6 Å². The number of hydrogen-bond acceptors (Lipinski definition) is 3. The molecule has 0 saturated heterocycles. The van der Waals surface area contributed by atoms with Gasteiger partial charge in [0.25, 0.3) is 0 Å². The number of anilines is 1. The molecule has 0 fully saturated rings. The Kier molecular flexibility index (Phi) is 3.28. The second-order valence-corrected chi connectivity index (χ2v) is 5.17. The number of benzene rings is 2. The van der Waals surface area contributed by atoms with E-state index in [0.717, 1.165) is 17.7 Å². The van der Waals surface area contributed by atoms with Gasteiger partial charge in [0.15, 0.2) is 0 Å². The molecule has 2 aromatic rings. The maximum atomic E-state index is 6.59. The first-order valence-electron chi connectivity index (χ1n) is 6.98. The molecule has 0 radical (unpaired) electrons. The summed E-state index contributed by atoms with van der Waals surface area (Å²) in [6.07, 6.45) is 3.43. The Morgan fingerprint density at radius 1 is 1.05 bits per heavy atom. The topological polar surface area (TPSA) is 50.4 Å². The first-order valence-corrected chi connectivity index (χ1v) is 6.98. The first kappa shape index (κ1) is 12.9. The van der Waals surface area contributed by atoms with E-state index >= 15 is 0 Å². The van der Waals surface area contributed by atoms with Crippen LogP contribution in [0.25, 0.3) is 0 Å². The molecule has 1 aliphatic rings. The van der Waals surface area contributed by atoms with Gasteiger partial charge in [-0.2, -0.15) is 0 Å². The lowest BCUT2D eigenvalue weighted by atomic mass is 9.88. The zero-order chi connectivity index (χ0) is 14.0. The predicted octanol–water partition coefficient (Wildman–Crippen LogP) is 3.06. The normalized spacial score (nSPS) is 20.3. The minimum atomic E-state index is -0.687. The average molecular weight is 265 g/mol. The van der Waals surface area contributed by atoms with E-state index in [1.807, 2.05) is 24.3 Å². The number of nitrogens with zero attached hydrogens (tertiary/aromatic N) is 1. The van der Waals surface area contributed by atoms with E-state index in [0.29, 0.717) is 6.42 Å². The van der Waals surface area contributed by atoms with Crippen LogP contribution in [0.4, 0.5) is 5.69 Å². The van der Waals surface area contributed by atoms with E-state index in [9.17, 15) is 0 Å². The molecular weight excluding hydrogens is 246 g/mol. The van der Waals surface area contributed by atoms with Gasteiger partial charge in [0.05, 0.1) is 6.34 Å². The van der Waals surface area contributed by atoms with Crippen LogP contribution in [0.1, 0.15) is 23.6 Å². The maximum Gasteiger partial charge on any atom is 0.141 e. The van der Waals surface area contributed by atoms with E-state index in [-0.39, 0.29) is 0 Å². The van der Waals surface area contributed by atoms with Crippen LogP contribution in [0.15, 0.2) is 53.5 Å². The summed E-state index contributed by atoms with van der Waals surface area (Å²) in [5, 5.41) is 3.16. The van der Waals surface area contributed by atoms with Crippen molar-refractivity contribution in [3.63, 3.8) is 0 Å². The van der Waals surface area contributed by atoms with Crippen molar-refractivity contribution in [1.82, 2.24) is 0 Å². The Bertz CT molecular complexity index is 648. The Labute approximate surface area is 119 Å². The minimum absolute atomic E-state index is 0.687. The van der Waals surface area contributed by atoms with Crippen LogP contribution < -0.4 is 11.1 Å². The van der Waals surface area contributed by atoms with Crippen LogP contribution in [0.5, 0.6) is 0 Å². The molecule has 0 aromatic heterocycles. The Balaban J connectivity index is 2.01. The predicted molar refractivity (Wildman–Crippen MR) is 83.9 cm³/mol. The second kappa shape index (κ2) is 5.10. The van der Waals surface area contributed by atoms with Crippen molar-refractivity contribution in [2.45, 2.75) is 25.4 Å². The van der Waals surface area contributed by atoms with Crippen molar-refractivity contribution in [3.05, 3.63) is 65.2 Å².